The molecule has 4 heteroatoms. The van der Waals surface area contributed by atoms with E-state index < -0.39 is 5.60 Å². The second-order valence-electron chi connectivity index (χ2n) is 6.69. The summed E-state index contributed by atoms with van der Waals surface area (Å²) in [6.07, 6.45) is 1.97. The van der Waals surface area contributed by atoms with E-state index in [1.807, 2.05) is 20.8 Å². The molecule has 1 aliphatic carbocycles. The first kappa shape index (κ1) is 13.2. The third-order valence-electron chi connectivity index (χ3n) is 3.99. The molecule has 1 aliphatic heterocycles. The van der Waals surface area contributed by atoms with Gasteiger partial charge >= 0.3 is 6.09 Å². The van der Waals surface area contributed by atoms with Crippen LogP contribution >= 0.6 is 0 Å². The lowest BCUT2D eigenvalue weighted by atomic mass is 9.76. The molecule has 0 radical (unpaired) electrons. The largest absolute Gasteiger partial charge is 0.444 e. The standard InChI is InChI=1S/C14H22N2O2/c1-10-7-16(12(17)18-13(2,3)4)9-14(10,8-15)11-5-6-11/h10-11H,5-7,9H2,1-4H3/t10-,14-/m1/s1. The molecule has 0 aromatic rings. The number of amides is 1. The van der Waals surface area contributed by atoms with Gasteiger partial charge in [0.2, 0.25) is 0 Å². The first-order valence-electron chi connectivity index (χ1n) is 6.68. The van der Waals surface area contributed by atoms with Gasteiger partial charge in [-0.25, -0.2) is 4.79 Å². The lowest BCUT2D eigenvalue weighted by Gasteiger charge is -2.26. The summed E-state index contributed by atoms with van der Waals surface area (Å²) in [5.41, 5.74) is -0.811. The molecule has 1 amide bonds. The van der Waals surface area contributed by atoms with Gasteiger partial charge in [-0.2, -0.15) is 5.26 Å². The number of hydrogen-bond acceptors (Lipinski definition) is 3. The van der Waals surface area contributed by atoms with Crippen molar-refractivity contribution in [1.82, 2.24) is 4.90 Å². The normalized spacial score (nSPS) is 32.2. The van der Waals surface area contributed by atoms with E-state index in [0.717, 1.165) is 12.8 Å². The van der Waals surface area contributed by atoms with Gasteiger partial charge in [0.15, 0.2) is 0 Å². The van der Waals surface area contributed by atoms with Crippen molar-refractivity contribution in [1.29, 1.82) is 5.26 Å². The quantitative estimate of drug-likeness (QED) is 0.719. The highest BCUT2D eigenvalue weighted by molar-refractivity contribution is 5.69. The van der Waals surface area contributed by atoms with Crippen molar-refractivity contribution in [3.05, 3.63) is 0 Å². The molecule has 2 atom stereocenters. The second kappa shape index (κ2) is 4.15. The van der Waals surface area contributed by atoms with Gasteiger partial charge in [0.1, 0.15) is 5.60 Å². The van der Waals surface area contributed by atoms with Crippen LogP contribution in [0, 0.1) is 28.6 Å². The Morgan fingerprint density at radius 1 is 1.44 bits per heavy atom. The molecule has 18 heavy (non-hydrogen) atoms. The molecule has 0 spiro atoms. The summed E-state index contributed by atoms with van der Waals surface area (Å²) in [7, 11) is 0. The fraction of sp³-hybridized carbons (Fsp3) is 0.857. The summed E-state index contributed by atoms with van der Waals surface area (Å²) in [6.45, 7) is 8.84. The Morgan fingerprint density at radius 2 is 2.06 bits per heavy atom. The predicted octanol–water partition coefficient (Wildman–Crippen LogP) is 2.79. The van der Waals surface area contributed by atoms with Crippen LogP contribution < -0.4 is 0 Å². The first-order valence-corrected chi connectivity index (χ1v) is 6.68. The lowest BCUT2D eigenvalue weighted by Crippen LogP contribution is -2.37. The van der Waals surface area contributed by atoms with Crippen molar-refractivity contribution in [3.63, 3.8) is 0 Å². The Kier molecular flexibility index (Phi) is 3.04. The predicted molar refractivity (Wildman–Crippen MR) is 67.7 cm³/mol. The molecule has 1 saturated carbocycles. The Bertz CT molecular complexity index is 390. The van der Waals surface area contributed by atoms with Crippen LogP contribution in [0.15, 0.2) is 0 Å². The molecule has 4 nitrogen and oxygen atoms in total. The van der Waals surface area contributed by atoms with Crippen molar-refractivity contribution in [3.8, 4) is 6.07 Å². The highest BCUT2D eigenvalue weighted by atomic mass is 16.6. The number of nitriles is 1. The minimum Gasteiger partial charge on any atom is -0.444 e. The van der Waals surface area contributed by atoms with Gasteiger partial charge < -0.3 is 9.64 Å². The monoisotopic (exact) mass is 250 g/mol. The lowest BCUT2D eigenvalue weighted by molar-refractivity contribution is 0.0277. The van der Waals surface area contributed by atoms with Crippen molar-refractivity contribution < 1.29 is 9.53 Å². The Morgan fingerprint density at radius 3 is 2.50 bits per heavy atom. The molecule has 2 aliphatic rings. The van der Waals surface area contributed by atoms with E-state index in [9.17, 15) is 10.1 Å². The van der Waals surface area contributed by atoms with Crippen LogP contribution in [-0.4, -0.2) is 29.7 Å². The number of nitrogens with zero attached hydrogens (tertiary/aromatic N) is 2. The summed E-state index contributed by atoms with van der Waals surface area (Å²) in [6, 6.07) is 2.49. The molecular formula is C14H22N2O2. The number of hydrogen-bond donors (Lipinski definition) is 0. The highest BCUT2D eigenvalue weighted by Gasteiger charge is 2.55. The van der Waals surface area contributed by atoms with Crippen LogP contribution in [0.5, 0.6) is 0 Å². The van der Waals surface area contributed by atoms with Crippen molar-refractivity contribution in [2.75, 3.05) is 13.1 Å². The zero-order chi connectivity index (χ0) is 13.6. The zero-order valence-corrected chi connectivity index (χ0v) is 11.7. The van der Waals surface area contributed by atoms with Gasteiger partial charge in [0.05, 0.1) is 11.5 Å². The molecule has 1 saturated heterocycles. The molecular weight excluding hydrogens is 228 g/mol. The maximum Gasteiger partial charge on any atom is 0.410 e. The Hall–Kier alpha value is -1.24. The Balaban J connectivity index is 2.07. The molecule has 0 aromatic carbocycles. The minimum atomic E-state index is -0.474. The minimum absolute atomic E-state index is 0.238. The van der Waals surface area contributed by atoms with Gasteiger partial charge in [0, 0.05) is 13.1 Å². The number of ether oxygens (including phenoxy) is 1. The van der Waals surface area contributed by atoms with Crippen LogP contribution in [0.25, 0.3) is 0 Å². The average Bonchev–Trinajstić information content (AvgIpc) is 3.01. The molecule has 0 N–H and O–H groups in total. The van der Waals surface area contributed by atoms with Crippen LogP contribution in [-0.2, 0) is 4.74 Å². The fourth-order valence-corrected chi connectivity index (χ4v) is 2.86. The molecule has 2 fully saturated rings. The van der Waals surface area contributed by atoms with Crippen LogP contribution in [0.1, 0.15) is 40.5 Å². The second-order valence-corrected chi connectivity index (χ2v) is 6.69. The number of carbonyl (C=O) groups excluding carboxylic acids is 1. The molecule has 2 rings (SSSR count). The molecule has 0 bridgehead atoms. The Labute approximate surface area is 109 Å². The van der Waals surface area contributed by atoms with E-state index in [1.165, 1.54) is 0 Å². The smallest absolute Gasteiger partial charge is 0.410 e. The summed E-state index contributed by atoms with van der Waals surface area (Å²) in [5.74, 6) is 0.715. The van der Waals surface area contributed by atoms with Gasteiger partial charge in [-0.3, -0.25) is 0 Å². The molecule has 1 heterocycles. The van der Waals surface area contributed by atoms with Gasteiger partial charge in [-0.05, 0) is 45.4 Å². The number of likely N-dealkylation sites (tertiary alicyclic amines) is 1. The van der Waals surface area contributed by atoms with Crippen LogP contribution in [0.4, 0.5) is 4.79 Å². The zero-order valence-electron chi connectivity index (χ0n) is 11.7. The highest BCUT2D eigenvalue weighted by Crippen LogP contribution is 2.53. The van der Waals surface area contributed by atoms with Crippen molar-refractivity contribution in [2.45, 2.75) is 46.1 Å². The van der Waals surface area contributed by atoms with Gasteiger partial charge in [-0.15, -0.1) is 0 Å². The summed E-state index contributed by atoms with van der Waals surface area (Å²) in [4.78, 5) is 13.8. The van der Waals surface area contributed by atoms with E-state index in [-0.39, 0.29) is 17.4 Å². The number of carbonyl (C=O) groups is 1. The van der Waals surface area contributed by atoms with Crippen LogP contribution in [0.2, 0.25) is 0 Å². The van der Waals surface area contributed by atoms with Gasteiger partial charge in [0.25, 0.3) is 0 Å². The first-order chi connectivity index (χ1) is 8.28. The van der Waals surface area contributed by atoms with E-state index in [4.69, 9.17) is 4.74 Å². The fourth-order valence-electron chi connectivity index (χ4n) is 2.86. The summed E-state index contributed by atoms with van der Waals surface area (Å²) < 4.78 is 5.39. The van der Waals surface area contributed by atoms with Crippen LogP contribution in [0.3, 0.4) is 0 Å². The average molecular weight is 250 g/mol. The van der Waals surface area contributed by atoms with Crippen molar-refractivity contribution >= 4 is 6.09 Å². The summed E-state index contributed by atoms with van der Waals surface area (Å²) >= 11 is 0. The molecule has 0 aromatic heterocycles. The third kappa shape index (κ3) is 2.31. The van der Waals surface area contributed by atoms with E-state index in [0.29, 0.717) is 19.0 Å². The summed E-state index contributed by atoms with van der Waals surface area (Å²) in [5, 5.41) is 9.50. The van der Waals surface area contributed by atoms with E-state index in [1.54, 1.807) is 4.90 Å². The van der Waals surface area contributed by atoms with E-state index in [2.05, 4.69) is 13.0 Å². The molecule has 100 valence electrons. The third-order valence-corrected chi connectivity index (χ3v) is 3.99. The maximum absolute atomic E-state index is 12.0. The SMILES string of the molecule is C[C@@H]1CN(C(=O)OC(C)(C)C)C[C@@]1(C#N)C1CC1. The topological polar surface area (TPSA) is 53.3 Å². The van der Waals surface area contributed by atoms with Gasteiger partial charge in [-0.1, -0.05) is 6.92 Å². The van der Waals surface area contributed by atoms with Crippen molar-refractivity contribution in [2.24, 2.45) is 17.3 Å². The van der Waals surface area contributed by atoms with E-state index >= 15 is 0 Å². The molecule has 0 unspecified atom stereocenters. The number of rotatable bonds is 1. The maximum atomic E-state index is 12.0.